The molecule has 0 aromatic carbocycles. The largest absolute Gasteiger partial charge is 0.309 e. The monoisotopic (exact) mass is 241 g/mol. The summed E-state index contributed by atoms with van der Waals surface area (Å²) in [4.78, 5) is 8.17. The second-order valence-corrected chi connectivity index (χ2v) is 5.79. The maximum atomic E-state index is 4.50. The van der Waals surface area contributed by atoms with Crippen LogP contribution in [0, 0.1) is 13.8 Å². The first-order chi connectivity index (χ1) is 7.50. The number of hydrogen-bond donors (Lipinski definition) is 1. The zero-order valence-electron chi connectivity index (χ0n) is 11.0. The summed E-state index contributed by atoms with van der Waals surface area (Å²) >= 11 is 1.79. The molecule has 0 unspecified atom stereocenters. The molecular weight excluding hydrogens is 218 g/mol. The van der Waals surface area contributed by atoms with Gasteiger partial charge in [0.15, 0.2) is 0 Å². The fourth-order valence-corrected chi connectivity index (χ4v) is 2.23. The van der Waals surface area contributed by atoms with Gasteiger partial charge in [-0.2, -0.15) is 0 Å². The van der Waals surface area contributed by atoms with Crippen LogP contribution in [0.4, 0.5) is 0 Å². The average Bonchev–Trinajstić information content (AvgIpc) is 2.53. The molecule has 0 atom stereocenters. The van der Waals surface area contributed by atoms with Crippen molar-refractivity contribution >= 4 is 11.3 Å². The zero-order chi connectivity index (χ0) is 12.1. The fraction of sp³-hybridized carbons (Fsp3) is 0.750. The molecule has 92 valence electrons. The van der Waals surface area contributed by atoms with Gasteiger partial charge in [0.05, 0.1) is 5.69 Å². The van der Waals surface area contributed by atoms with Crippen LogP contribution in [0.2, 0.25) is 0 Å². The number of thiazole rings is 1. The third kappa shape index (κ3) is 4.20. The molecule has 0 saturated carbocycles. The first kappa shape index (κ1) is 13.6. The Bertz CT molecular complexity index is 301. The van der Waals surface area contributed by atoms with Crippen LogP contribution in [0.25, 0.3) is 0 Å². The lowest BCUT2D eigenvalue weighted by molar-refractivity contribution is 0.273. The zero-order valence-corrected chi connectivity index (χ0v) is 11.8. The Morgan fingerprint density at radius 2 is 2.06 bits per heavy atom. The Labute approximate surface area is 103 Å². The van der Waals surface area contributed by atoms with Gasteiger partial charge < -0.3 is 10.2 Å². The Hall–Kier alpha value is -0.450. The summed E-state index contributed by atoms with van der Waals surface area (Å²) < 4.78 is 0. The van der Waals surface area contributed by atoms with Gasteiger partial charge in [0, 0.05) is 30.6 Å². The number of aromatic nitrogens is 1. The minimum absolute atomic E-state index is 0.617. The predicted molar refractivity (Wildman–Crippen MR) is 71.1 cm³/mol. The van der Waals surface area contributed by atoms with Crippen molar-refractivity contribution in [3.05, 3.63) is 15.6 Å². The van der Waals surface area contributed by atoms with Gasteiger partial charge in [-0.1, -0.05) is 0 Å². The molecule has 1 aromatic rings. The van der Waals surface area contributed by atoms with E-state index in [9.17, 15) is 0 Å². The van der Waals surface area contributed by atoms with Crippen LogP contribution in [0.15, 0.2) is 0 Å². The SMILES string of the molecule is Cc1nc(CNCCN(C)C(C)C)sc1C. The molecule has 0 spiro atoms. The van der Waals surface area contributed by atoms with E-state index in [1.165, 1.54) is 15.6 Å². The van der Waals surface area contributed by atoms with Crippen LogP contribution in [-0.2, 0) is 6.54 Å². The maximum Gasteiger partial charge on any atom is 0.107 e. The normalized spacial score (nSPS) is 11.7. The van der Waals surface area contributed by atoms with Gasteiger partial charge in [-0.3, -0.25) is 0 Å². The van der Waals surface area contributed by atoms with Crippen molar-refractivity contribution in [2.75, 3.05) is 20.1 Å². The molecule has 16 heavy (non-hydrogen) atoms. The maximum absolute atomic E-state index is 4.50. The molecule has 0 fully saturated rings. The molecule has 0 aliphatic carbocycles. The Kier molecular flexibility index (Phi) is 5.38. The van der Waals surface area contributed by atoms with E-state index in [1.807, 2.05) is 0 Å². The molecule has 1 N–H and O–H groups in total. The number of hydrogen-bond acceptors (Lipinski definition) is 4. The molecule has 1 heterocycles. The van der Waals surface area contributed by atoms with E-state index in [0.29, 0.717) is 6.04 Å². The number of rotatable bonds is 6. The van der Waals surface area contributed by atoms with Gasteiger partial charge in [0.1, 0.15) is 5.01 Å². The second-order valence-electron chi connectivity index (χ2n) is 4.50. The summed E-state index contributed by atoms with van der Waals surface area (Å²) in [6.07, 6.45) is 0. The van der Waals surface area contributed by atoms with E-state index in [4.69, 9.17) is 0 Å². The second kappa shape index (κ2) is 6.33. The van der Waals surface area contributed by atoms with E-state index in [1.54, 1.807) is 11.3 Å². The van der Waals surface area contributed by atoms with Crippen molar-refractivity contribution < 1.29 is 0 Å². The summed E-state index contributed by atoms with van der Waals surface area (Å²) in [6, 6.07) is 0.617. The highest BCUT2D eigenvalue weighted by atomic mass is 32.1. The molecule has 0 bridgehead atoms. The quantitative estimate of drug-likeness (QED) is 0.774. The summed E-state index contributed by atoms with van der Waals surface area (Å²) in [5.74, 6) is 0. The first-order valence-corrected chi connectivity index (χ1v) is 6.66. The number of likely N-dealkylation sites (N-methyl/N-ethyl adjacent to an activating group) is 1. The molecule has 0 radical (unpaired) electrons. The highest BCUT2D eigenvalue weighted by Gasteiger charge is 2.04. The topological polar surface area (TPSA) is 28.2 Å². The van der Waals surface area contributed by atoms with Crippen LogP contribution in [-0.4, -0.2) is 36.1 Å². The smallest absolute Gasteiger partial charge is 0.107 e. The van der Waals surface area contributed by atoms with Gasteiger partial charge in [-0.15, -0.1) is 11.3 Å². The lowest BCUT2D eigenvalue weighted by atomic mass is 10.3. The molecule has 0 amide bonds. The number of nitrogens with zero attached hydrogens (tertiary/aromatic N) is 2. The third-order valence-electron chi connectivity index (χ3n) is 2.87. The van der Waals surface area contributed by atoms with Gasteiger partial charge in [0.2, 0.25) is 0 Å². The first-order valence-electron chi connectivity index (χ1n) is 5.84. The molecule has 0 aliphatic rings. The predicted octanol–water partition coefficient (Wildman–Crippen LogP) is 2.19. The minimum atomic E-state index is 0.617. The molecule has 1 aromatic heterocycles. The third-order valence-corrected chi connectivity index (χ3v) is 3.94. The van der Waals surface area contributed by atoms with E-state index < -0.39 is 0 Å². The van der Waals surface area contributed by atoms with Gasteiger partial charge in [0.25, 0.3) is 0 Å². The molecular formula is C12H23N3S. The van der Waals surface area contributed by atoms with Crippen LogP contribution in [0.3, 0.4) is 0 Å². The molecule has 0 saturated heterocycles. The highest BCUT2D eigenvalue weighted by Crippen LogP contribution is 2.15. The molecule has 4 heteroatoms. The van der Waals surface area contributed by atoms with E-state index in [2.05, 4.69) is 49.9 Å². The van der Waals surface area contributed by atoms with Crippen molar-refractivity contribution in [1.29, 1.82) is 0 Å². The van der Waals surface area contributed by atoms with Crippen LogP contribution < -0.4 is 5.32 Å². The van der Waals surface area contributed by atoms with Crippen molar-refractivity contribution in [3.63, 3.8) is 0 Å². The van der Waals surface area contributed by atoms with Crippen molar-refractivity contribution in [2.24, 2.45) is 0 Å². The van der Waals surface area contributed by atoms with Crippen LogP contribution >= 0.6 is 11.3 Å². The van der Waals surface area contributed by atoms with E-state index >= 15 is 0 Å². The fourth-order valence-electron chi connectivity index (χ4n) is 1.32. The van der Waals surface area contributed by atoms with E-state index in [0.717, 1.165) is 19.6 Å². The Morgan fingerprint density at radius 1 is 1.38 bits per heavy atom. The van der Waals surface area contributed by atoms with Crippen molar-refractivity contribution in [3.8, 4) is 0 Å². The summed E-state index contributed by atoms with van der Waals surface area (Å²) in [7, 11) is 2.16. The lowest BCUT2D eigenvalue weighted by Crippen LogP contribution is -2.33. The number of nitrogens with one attached hydrogen (secondary N) is 1. The molecule has 1 rings (SSSR count). The number of aryl methyl sites for hydroxylation is 2. The molecule has 0 aliphatic heterocycles. The Balaban J connectivity index is 2.21. The average molecular weight is 241 g/mol. The highest BCUT2D eigenvalue weighted by molar-refractivity contribution is 7.11. The van der Waals surface area contributed by atoms with Crippen molar-refractivity contribution in [1.82, 2.24) is 15.2 Å². The summed E-state index contributed by atoms with van der Waals surface area (Å²) in [5, 5.41) is 4.63. The van der Waals surface area contributed by atoms with Crippen molar-refractivity contribution in [2.45, 2.75) is 40.3 Å². The Morgan fingerprint density at radius 3 is 2.56 bits per heavy atom. The standard InChI is InChI=1S/C12H23N3S/c1-9(2)15(5)7-6-13-8-12-14-10(3)11(4)16-12/h9,13H,6-8H2,1-5H3. The van der Waals surface area contributed by atoms with Crippen LogP contribution in [0.5, 0.6) is 0 Å². The van der Waals surface area contributed by atoms with E-state index in [-0.39, 0.29) is 0 Å². The van der Waals surface area contributed by atoms with Gasteiger partial charge >= 0.3 is 0 Å². The van der Waals surface area contributed by atoms with Gasteiger partial charge in [-0.05, 0) is 34.7 Å². The summed E-state index contributed by atoms with van der Waals surface area (Å²) in [5.41, 5.74) is 1.17. The summed E-state index contributed by atoms with van der Waals surface area (Å²) in [6.45, 7) is 11.6. The molecule has 3 nitrogen and oxygen atoms in total. The van der Waals surface area contributed by atoms with Gasteiger partial charge in [-0.25, -0.2) is 4.98 Å². The minimum Gasteiger partial charge on any atom is -0.309 e. The lowest BCUT2D eigenvalue weighted by Gasteiger charge is -2.20. The van der Waals surface area contributed by atoms with Crippen LogP contribution in [0.1, 0.15) is 29.4 Å².